The highest BCUT2D eigenvalue weighted by molar-refractivity contribution is 4.74. The van der Waals surface area contributed by atoms with Gasteiger partial charge in [-0.05, 0) is 31.6 Å². The zero-order chi connectivity index (χ0) is 9.52. The van der Waals surface area contributed by atoms with Crippen LogP contribution in [0.5, 0.6) is 0 Å². The maximum atomic E-state index is 5.84. The van der Waals surface area contributed by atoms with Crippen LogP contribution in [-0.2, 0) is 4.74 Å². The quantitative estimate of drug-likeness (QED) is 0.571. The Labute approximate surface area is 82.9 Å². The van der Waals surface area contributed by atoms with Gasteiger partial charge in [-0.3, -0.25) is 0 Å². The highest BCUT2D eigenvalue weighted by atomic mass is 16.5. The Balaban J connectivity index is 1.97. The van der Waals surface area contributed by atoms with Crippen molar-refractivity contribution in [3.8, 4) is 0 Å². The van der Waals surface area contributed by atoms with Crippen LogP contribution < -0.4 is 0 Å². The van der Waals surface area contributed by atoms with Crippen LogP contribution in [0.3, 0.4) is 0 Å². The zero-order valence-corrected chi connectivity index (χ0v) is 9.22. The summed E-state index contributed by atoms with van der Waals surface area (Å²) >= 11 is 0. The molecule has 0 aromatic rings. The maximum absolute atomic E-state index is 5.84. The minimum atomic E-state index is 0.599. The van der Waals surface area contributed by atoms with Gasteiger partial charge in [0.2, 0.25) is 0 Å². The predicted octanol–water partition coefficient (Wildman–Crippen LogP) is 3.77. The summed E-state index contributed by atoms with van der Waals surface area (Å²) in [7, 11) is 0. The van der Waals surface area contributed by atoms with E-state index in [4.69, 9.17) is 4.74 Å². The van der Waals surface area contributed by atoms with E-state index in [1.165, 1.54) is 44.9 Å². The Morgan fingerprint density at radius 1 is 1.15 bits per heavy atom. The van der Waals surface area contributed by atoms with Crippen LogP contribution in [-0.4, -0.2) is 12.7 Å². The molecule has 0 aromatic heterocycles. The number of hydrogen-bond acceptors (Lipinski definition) is 1. The van der Waals surface area contributed by atoms with Crippen molar-refractivity contribution in [3.63, 3.8) is 0 Å². The van der Waals surface area contributed by atoms with E-state index in [-0.39, 0.29) is 0 Å². The molecule has 13 heavy (non-hydrogen) atoms. The first kappa shape index (κ1) is 11.0. The summed E-state index contributed by atoms with van der Waals surface area (Å²) in [6.07, 6.45) is 9.85. The molecule has 0 spiro atoms. The van der Waals surface area contributed by atoms with Crippen molar-refractivity contribution in [2.45, 2.75) is 64.9 Å². The largest absolute Gasteiger partial charge is 0.378 e. The summed E-state index contributed by atoms with van der Waals surface area (Å²) in [6, 6.07) is 0. The lowest BCUT2D eigenvalue weighted by atomic mass is 10.1. The molecule has 0 bridgehead atoms. The average molecular weight is 184 g/mol. The van der Waals surface area contributed by atoms with E-state index in [9.17, 15) is 0 Å². The first-order valence-electron chi connectivity index (χ1n) is 5.98. The van der Waals surface area contributed by atoms with E-state index >= 15 is 0 Å². The molecule has 0 radical (unpaired) electrons. The summed E-state index contributed by atoms with van der Waals surface area (Å²) < 4.78 is 5.84. The Morgan fingerprint density at radius 2 is 2.00 bits per heavy atom. The lowest BCUT2D eigenvalue weighted by molar-refractivity contribution is 0.0529. The number of rotatable bonds is 6. The van der Waals surface area contributed by atoms with Crippen molar-refractivity contribution in [2.75, 3.05) is 6.61 Å². The number of hydrogen-bond donors (Lipinski definition) is 0. The average Bonchev–Trinajstić information content (AvgIpc) is 2.60. The third-order valence-corrected chi connectivity index (χ3v) is 3.17. The van der Waals surface area contributed by atoms with Gasteiger partial charge in [0.15, 0.2) is 0 Å². The number of ether oxygens (including phenoxy) is 1. The molecule has 0 aliphatic heterocycles. The molecule has 2 unspecified atom stereocenters. The molecule has 1 saturated carbocycles. The first-order valence-corrected chi connectivity index (χ1v) is 5.98. The van der Waals surface area contributed by atoms with E-state index in [1.54, 1.807) is 0 Å². The monoisotopic (exact) mass is 184 g/mol. The van der Waals surface area contributed by atoms with E-state index in [2.05, 4.69) is 13.8 Å². The molecular formula is C12H24O. The van der Waals surface area contributed by atoms with Crippen LogP contribution >= 0.6 is 0 Å². The third kappa shape index (κ3) is 4.12. The molecule has 1 heteroatoms. The van der Waals surface area contributed by atoms with Crippen LogP contribution in [0, 0.1) is 5.92 Å². The van der Waals surface area contributed by atoms with Crippen LogP contribution in [0.15, 0.2) is 0 Å². The summed E-state index contributed by atoms with van der Waals surface area (Å²) in [5, 5.41) is 0. The lowest BCUT2D eigenvalue weighted by Crippen LogP contribution is -2.09. The minimum absolute atomic E-state index is 0.599. The summed E-state index contributed by atoms with van der Waals surface area (Å²) in [6.45, 7) is 5.53. The normalized spacial score (nSPS) is 28.2. The molecule has 0 aromatic carbocycles. The lowest BCUT2D eigenvalue weighted by Gasteiger charge is -2.11. The molecule has 1 aliphatic carbocycles. The fourth-order valence-corrected chi connectivity index (χ4v) is 2.15. The van der Waals surface area contributed by atoms with Crippen molar-refractivity contribution in [2.24, 2.45) is 5.92 Å². The van der Waals surface area contributed by atoms with E-state index < -0.39 is 0 Å². The smallest absolute Gasteiger partial charge is 0.0577 e. The standard InChI is InChI=1S/C12H24O/c1-3-5-6-9-13-12-8-7-11(4-2)10-12/h11-12H,3-10H2,1-2H3. The third-order valence-electron chi connectivity index (χ3n) is 3.17. The molecule has 2 atom stereocenters. The van der Waals surface area contributed by atoms with Gasteiger partial charge in [-0.15, -0.1) is 0 Å². The summed E-state index contributed by atoms with van der Waals surface area (Å²) in [5.41, 5.74) is 0. The molecule has 0 amide bonds. The molecule has 0 N–H and O–H groups in total. The highest BCUT2D eigenvalue weighted by Crippen LogP contribution is 2.29. The fourth-order valence-electron chi connectivity index (χ4n) is 2.15. The summed E-state index contributed by atoms with van der Waals surface area (Å²) in [5.74, 6) is 0.955. The van der Waals surface area contributed by atoms with Crippen LogP contribution in [0.25, 0.3) is 0 Å². The molecule has 1 aliphatic rings. The second-order valence-corrected chi connectivity index (χ2v) is 4.29. The van der Waals surface area contributed by atoms with Gasteiger partial charge in [0, 0.05) is 6.61 Å². The van der Waals surface area contributed by atoms with Crippen molar-refractivity contribution in [1.82, 2.24) is 0 Å². The van der Waals surface area contributed by atoms with Gasteiger partial charge in [-0.1, -0.05) is 33.1 Å². The van der Waals surface area contributed by atoms with E-state index in [0.717, 1.165) is 12.5 Å². The fraction of sp³-hybridized carbons (Fsp3) is 1.00. The summed E-state index contributed by atoms with van der Waals surface area (Å²) in [4.78, 5) is 0. The molecule has 1 rings (SSSR count). The van der Waals surface area contributed by atoms with E-state index in [1.807, 2.05) is 0 Å². The van der Waals surface area contributed by atoms with Crippen molar-refractivity contribution in [1.29, 1.82) is 0 Å². The second-order valence-electron chi connectivity index (χ2n) is 4.29. The van der Waals surface area contributed by atoms with Crippen molar-refractivity contribution < 1.29 is 4.74 Å². The van der Waals surface area contributed by atoms with Crippen LogP contribution in [0.4, 0.5) is 0 Å². The van der Waals surface area contributed by atoms with Gasteiger partial charge in [0.1, 0.15) is 0 Å². The maximum Gasteiger partial charge on any atom is 0.0577 e. The Morgan fingerprint density at radius 3 is 2.62 bits per heavy atom. The Hall–Kier alpha value is -0.0400. The zero-order valence-electron chi connectivity index (χ0n) is 9.22. The molecule has 0 saturated heterocycles. The predicted molar refractivity (Wildman–Crippen MR) is 56.9 cm³/mol. The van der Waals surface area contributed by atoms with E-state index in [0.29, 0.717) is 6.10 Å². The van der Waals surface area contributed by atoms with Crippen LogP contribution in [0.1, 0.15) is 58.8 Å². The minimum Gasteiger partial charge on any atom is -0.378 e. The molecule has 1 nitrogen and oxygen atoms in total. The van der Waals surface area contributed by atoms with Crippen LogP contribution in [0.2, 0.25) is 0 Å². The van der Waals surface area contributed by atoms with Gasteiger partial charge >= 0.3 is 0 Å². The van der Waals surface area contributed by atoms with Gasteiger partial charge < -0.3 is 4.74 Å². The molecule has 1 fully saturated rings. The van der Waals surface area contributed by atoms with Crippen molar-refractivity contribution >= 4 is 0 Å². The van der Waals surface area contributed by atoms with Gasteiger partial charge in [-0.2, -0.15) is 0 Å². The van der Waals surface area contributed by atoms with Gasteiger partial charge in [0.05, 0.1) is 6.10 Å². The SMILES string of the molecule is CCCCCOC1CCC(CC)C1. The Bertz CT molecular complexity index is 122. The second kappa shape index (κ2) is 6.42. The van der Waals surface area contributed by atoms with Gasteiger partial charge in [0.25, 0.3) is 0 Å². The van der Waals surface area contributed by atoms with Crippen molar-refractivity contribution in [3.05, 3.63) is 0 Å². The Kier molecular flexibility index (Phi) is 5.45. The number of unbranched alkanes of at least 4 members (excludes halogenated alkanes) is 2. The topological polar surface area (TPSA) is 9.23 Å². The molecular weight excluding hydrogens is 160 g/mol. The highest BCUT2D eigenvalue weighted by Gasteiger charge is 2.23. The van der Waals surface area contributed by atoms with Gasteiger partial charge in [-0.25, -0.2) is 0 Å². The first-order chi connectivity index (χ1) is 6.36. The molecule has 0 heterocycles. The molecule has 78 valence electrons.